The van der Waals surface area contributed by atoms with Gasteiger partial charge in [0.2, 0.25) is 0 Å². The van der Waals surface area contributed by atoms with Gasteiger partial charge in [-0.15, -0.1) is 0 Å². The molecule has 1 fully saturated rings. The van der Waals surface area contributed by atoms with Gasteiger partial charge in [-0.3, -0.25) is 9.69 Å². The maximum Gasteiger partial charge on any atom is 0.266 e. The van der Waals surface area contributed by atoms with E-state index in [0.717, 1.165) is 16.8 Å². The summed E-state index contributed by atoms with van der Waals surface area (Å²) >= 11 is 4.71. The van der Waals surface area contributed by atoms with Crippen LogP contribution >= 0.6 is 27.7 Å². The molecule has 7 heteroatoms. The van der Waals surface area contributed by atoms with Crippen LogP contribution in [0.5, 0.6) is 11.5 Å². The number of nitrogens with zero attached hydrogens (tertiary/aromatic N) is 2. The number of aryl methyl sites for hydroxylation is 1. The Labute approximate surface area is 190 Å². The number of amides is 1. The van der Waals surface area contributed by atoms with Crippen LogP contribution in [-0.4, -0.2) is 34.2 Å². The van der Waals surface area contributed by atoms with Gasteiger partial charge in [0, 0.05) is 6.54 Å². The quantitative estimate of drug-likeness (QED) is 0.497. The van der Waals surface area contributed by atoms with Gasteiger partial charge in [0.05, 0.1) is 21.7 Å². The summed E-state index contributed by atoms with van der Waals surface area (Å²) in [6.45, 7) is 9.07. The molecule has 0 radical (unpaired) electrons. The number of ether oxygens (including phenoxy) is 1. The highest BCUT2D eigenvalue weighted by atomic mass is 79.9. The minimum Gasteiger partial charge on any atom is -0.503 e. The number of thioether (sulfide) groups is 1. The van der Waals surface area contributed by atoms with Crippen molar-refractivity contribution < 1.29 is 14.6 Å². The molecule has 2 aromatic carbocycles. The van der Waals surface area contributed by atoms with Crippen molar-refractivity contribution in [1.82, 2.24) is 4.90 Å². The molecule has 158 valence electrons. The second-order valence-electron chi connectivity index (χ2n) is 7.43. The minimum absolute atomic E-state index is 0.0486. The van der Waals surface area contributed by atoms with Crippen molar-refractivity contribution in [3.63, 3.8) is 0 Å². The smallest absolute Gasteiger partial charge is 0.266 e. The van der Waals surface area contributed by atoms with Crippen LogP contribution in [0.25, 0.3) is 6.08 Å². The molecule has 1 aliphatic rings. The number of rotatable bonds is 6. The highest BCUT2D eigenvalue weighted by molar-refractivity contribution is 9.10. The molecule has 1 heterocycles. The van der Waals surface area contributed by atoms with Crippen molar-refractivity contribution in [3.05, 3.63) is 56.9 Å². The third kappa shape index (κ3) is 5.26. The lowest BCUT2D eigenvalue weighted by atomic mass is 10.1. The average Bonchev–Trinajstić information content (AvgIpc) is 2.96. The lowest BCUT2D eigenvalue weighted by Gasteiger charge is -2.17. The zero-order valence-electron chi connectivity index (χ0n) is 17.5. The van der Waals surface area contributed by atoms with Crippen molar-refractivity contribution in [1.29, 1.82) is 0 Å². The van der Waals surface area contributed by atoms with Crippen LogP contribution in [0.3, 0.4) is 0 Å². The first-order valence-electron chi connectivity index (χ1n) is 9.80. The molecule has 3 rings (SSSR count). The maximum absolute atomic E-state index is 13.1. The summed E-state index contributed by atoms with van der Waals surface area (Å²) in [6, 6.07) is 11.4. The van der Waals surface area contributed by atoms with E-state index in [0.29, 0.717) is 39.4 Å². The lowest BCUT2D eigenvalue weighted by Crippen LogP contribution is -2.32. The highest BCUT2D eigenvalue weighted by Crippen LogP contribution is 2.39. The van der Waals surface area contributed by atoms with Gasteiger partial charge in [0.25, 0.3) is 5.91 Å². The van der Waals surface area contributed by atoms with Gasteiger partial charge in [-0.2, -0.15) is 0 Å². The van der Waals surface area contributed by atoms with Gasteiger partial charge >= 0.3 is 0 Å². The molecule has 1 N–H and O–H groups in total. The molecule has 0 aliphatic carbocycles. The summed E-state index contributed by atoms with van der Waals surface area (Å²) in [6.07, 6.45) is 1.81. The Balaban J connectivity index is 1.98. The Bertz CT molecular complexity index is 1000. The van der Waals surface area contributed by atoms with Crippen LogP contribution in [0.4, 0.5) is 5.69 Å². The molecule has 0 atom stereocenters. The van der Waals surface area contributed by atoms with Gasteiger partial charge < -0.3 is 9.84 Å². The number of aromatic hydroxyl groups is 1. The lowest BCUT2D eigenvalue weighted by molar-refractivity contribution is -0.122. The molecule has 2 aromatic rings. The van der Waals surface area contributed by atoms with Crippen molar-refractivity contribution >= 4 is 50.5 Å². The summed E-state index contributed by atoms with van der Waals surface area (Å²) in [4.78, 5) is 20.2. The zero-order chi connectivity index (χ0) is 21.8. The van der Waals surface area contributed by atoms with Crippen molar-refractivity contribution in [2.24, 2.45) is 10.9 Å². The Kier molecular flexibility index (Phi) is 7.26. The Morgan fingerprint density at radius 2 is 1.97 bits per heavy atom. The van der Waals surface area contributed by atoms with Crippen LogP contribution in [0.2, 0.25) is 0 Å². The average molecular weight is 489 g/mol. The first-order chi connectivity index (χ1) is 14.3. The topological polar surface area (TPSA) is 62.1 Å². The van der Waals surface area contributed by atoms with E-state index in [1.54, 1.807) is 17.0 Å². The molecule has 0 saturated carbocycles. The number of amidine groups is 1. The third-order valence-electron chi connectivity index (χ3n) is 4.34. The molecular weight excluding hydrogens is 464 g/mol. The van der Waals surface area contributed by atoms with Crippen LogP contribution in [0, 0.1) is 12.8 Å². The second kappa shape index (κ2) is 9.71. The van der Waals surface area contributed by atoms with Gasteiger partial charge in [0.1, 0.15) is 0 Å². The van der Waals surface area contributed by atoms with E-state index < -0.39 is 0 Å². The third-order valence-corrected chi connectivity index (χ3v) is 5.95. The number of phenolic OH excluding ortho intramolecular Hbond substituents is 1. The number of carbonyl (C=O) groups is 1. The maximum atomic E-state index is 13.1. The second-order valence-corrected chi connectivity index (χ2v) is 9.30. The molecule has 5 nitrogen and oxygen atoms in total. The van der Waals surface area contributed by atoms with Crippen LogP contribution in [-0.2, 0) is 4.79 Å². The van der Waals surface area contributed by atoms with E-state index in [9.17, 15) is 9.90 Å². The summed E-state index contributed by atoms with van der Waals surface area (Å²) in [5.74, 6) is 0.667. The monoisotopic (exact) mass is 488 g/mol. The SMILES string of the molecule is CCOc1cc(/C=C2/SC(=Nc3ccc(C)cc3)N(CC(C)C)C2=O)cc(Br)c1O. The van der Waals surface area contributed by atoms with Gasteiger partial charge in [-0.1, -0.05) is 31.5 Å². The molecule has 30 heavy (non-hydrogen) atoms. The Hall–Kier alpha value is -2.25. The van der Waals surface area contributed by atoms with Crippen molar-refractivity contribution in [3.8, 4) is 11.5 Å². The number of halogens is 1. The molecule has 0 aromatic heterocycles. The fourth-order valence-electron chi connectivity index (χ4n) is 2.94. The number of benzene rings is 2. The number of carbonyl (C=O) groups excluding carboxylic acids is 1. The van der Waals surface area contributed by atoms with Gasteiger partial charge in [-0.05, 0) is 83.4 Å². The fraction of sp³-hybridized carbons (Fsp3) is 0.304. The molecule has 0 unspecified atom stereocenters. The summed E-state index contributed by atoms with van der Waals surface area (Å²) in [7, 11) is 0. The Morgan fingerprint density at radius 3 is 2.60 bits per heavy atom. The summed E-state index contributed by atoms with van der Waals surface area (Å²) in [5.41, 5.74) is 2.74. The predicted molar refractivity (Wildman–Crippen MR) is 127 cm³/mol. The van der Waals surface area contributed by atoms with Gasteiger partial charge in [-0.25, -0.2) is 4.99 Å². The summed E-state index contributed by atoms with van der Waals surface area (Å²) < 4.78 is 6.01. The molecule has 1 amide bonds. The minimum atomic E-state index is -0.0679. The normalized spacial score (nSPS) is 16.9. The fourth-order valence-corrected chi connectivity index (χ4v) is 4.41. The predicted octanol–water partition coefficient (Wildman–Crippen LogP) is 6.12. The van der Waals surface area contributed by atoms with E-state index in [-0.39, 0.29) is 11.7 Å². The molecule has 1 saturated heterocycles. The molecule has 0 spiro atoms. The van der Waals surface area contributed by atoms with Crippen LogP contribution in [0.15, 0.2) is 50.8 Å². The van der Waals surface area contributed by atoms with Crippen LogP contribution in [0.1, 0.15) is 31.9 Å². The number of aliphatic imine (C=N–C) groups is 1. The van der Waals surface area contributed by atoms with E-state index in [4.69, 9.17) is 9.73 Å². The molecular formula is C23H25BrN2O3S. The van der Waals surface area contributed by atoms with Crippen LogP contribution < -0.4 is 4.74 Å². The number of hydrogen-bond acceptors (Lipinski definition) is 5. The van der Waals surface area contributed by atoms with Crippen molar-refractivity contribution in [2.75, 3.05) is 13.2 Å². The van der Waals surface area contributed by atoms with Gasteiger partial charge in [0.15, 0.2) is 16.7 Å². The number of hydrogen-bond donors (Lipinski definition) is 1. The first kappa shape index (κ1) is 22.4. The first-order valence-corrected chi connectivity index (χ1v) is 11.4. The molecule has 0 bridgehead atoms. The van der Waals surface area contributed by atoms with E-state index in [1.165, 1.54) is 11.8 Å². The number of phenols is 1. The highest BCUT2D eigenvalue weighted by Gasteiger charge is 2.33. The summed E-state index contributed by atoms with van der Waals surface area (Å²) in [5, 5.41) is 10.8. The standard InChI is InChI=1S/C23H25BrN2O3S/c1-5-29-19-11-16(10-18(24)21(19)27)12-20-22(28)26(13-14(2)3)23(30-20)25-17-8-6-15(4)7-9-17/h6-12,14,27H,5,13H2,1-4H3/b20-12+,25-23?. The largest absolute Gasteiger partial charge is 0.503 e. The van der Waals surface area contributed by atoms with E-state index in [2.05, 4.69) is 29.8 Å². The van der Waals surface area contributed by atoms with E-state index in [1.807, 2.05) is 44.2 Å². The zero-order valence-corrected chi connectivity index (χ0v) is 19.9. The van der Waals surface area contributed by atoms with E-state index >= 15 is 0 Å². The Morgan fingerprint density at radius 1 is 1.27 bits per heavy atom. The molecule has 1 aliphatic heterocycles. The van der Waals surface area contributed by atoms with Crippen molar-refractivity contribution in [2.45, 2.75) is 27.7 Å².